The molecule has 0 radical (unpaired) electrons. The molecular weight excluding hydrogens is 212 g/mol. The molecule has 1 aromatic rings. The number of benzene rings is 1. The third-order valence-electron chi connectivity index (χ3n) is 3.55. The van der Waals surface area contributed by atoms with Crippen molar-refractivity contribution >= 4 is 11.4 Å². The maximum atomic E-state index is 10.1. The zero-order valence-electron chi connectivity index (χ0n) is 11.3. The van der Waals surface area contributed by atoms with Crippen molar-refractivity contribution in [3.8, 4) is 0 Å². The quantitative estimate of drug-likeness (QED) is 0.704. The molecule has 1 rings (SSSR count). The lowest BCUT2D eigenvalue weighted by molar-refractivity contribution is 0.173. The van der Waals surface area contributed by atoms with Crippen molar-refractivity contribution in [2.45, 2.75) is 53.1 Å². The summed E-state index contributed by atoms with van der Waals surface area (Å²) in [7, 11) is 0. The molecule has 0 heterocycles. The van der Waals surface area contributed by atoms with E-state index in [1.54, 1.807) is 0 Å². The molecule has 0 aliphatic carbocycles. The van der Waals surface area contributed by atoms with E-state index >= 15 is 0 Å². The topological polar surface area (TPSA) is 72.3 Å². The maximum Gasteiger partial charge on any atom is 0.0810 e. The van der Waals surface area contributed by atoms with Crippen molar-refractivity contribution in [3.05, 3.63) is 22.3 Å². The minimum absolute atomic E-state index is 0.516. The molecule has 0 amide bonds. The number of nitrogens with two attached hydrogens (primary N) is 2. The summed E-state index contributed by atoms with van der Waals surface area (Å²) < 4.78 is 0. The largest absolute Gasteiger partial charge is 0.397 e. The van der Waals surface area contributed by atoms with Gasteiger partial charge in [-0.15, -0.1) is 0 Å². The minimum atomic E-state index is -0.516. The second kappa shape index (κ2) is 5.41. The van der Waals surface area contributed by atoms with Gasteiger partial charge in [0.2, 0.25) is 0 Å². The molecule has 1 unspecified atom stereocenters. The Morgan fingerprint density at radius 3 is 1.94 bits per heavy atom. The van der Waals surface area contributed by atoms with E-state index in [9.17, 15) is 5.11 Å². The summed E-state index contributed by atoms with van der Waals surface area (Å²) in [6.45, 7) is 8.16. The number of rotatable bonds is 4. The van der Waals surface area contributed by atoms with Crippen LogP contribution in [0, 0.1) is 6.92 Å². The first kappa shape index (κ1) is 13.8. The smallest absolute Gasteiger partial charge is 0.0810 e. The van der Waals surface area contributed by atoms with Crippen molar-refractivity contribution in [1.82, 2.24) is 0 Å². The molecule has 0 aromatic heterocycles. The van der Waals surface area contributed by atoms with Gasteiger partial charge in [-0.1, -0.05) is 20.8 Å². The molecule has 3 heteroatoms. The van der Waals surface area contributed by atoms with Gasteiger partial charge in [0, 0.05) is 5.56 Å². The predicted octanol–water partition coefficient (Wildman–Crippen LogP) is 2.73. The van der Waals surface area contributed by atoms with Gasteiger partial charge in [-0.2, -0.15) is 0 Å². The van der Waals surface area contributed by atoms with Gasteiger partial charge < -0.3 is 16.6 Å². The van der Waals surface area contributed by atoms with Crippen LogP contribution < -0.4 is 11.5 Å². The molecular formula is C14H24N2O. The molecule has 1 atom stereocenters. The van der Waals surface area contributed by atoms with Gasteiger partial charge in [0.15, 0.2) is 0 Å². The Balaban J connectivity index is 3.61. The van der Waals surface area contributed by atoms with Gasteiger partial charge in [0.25, 0.3) is 0 Å². The van der Waals surface area contributed by atoms with Crippen LogP contribution in [-0.2, 0) is 12.8 Å². The zero-order valence-corrected chi connectivity index (χ0v) is 11.3. The van der Waals surface area contributed by atoms with Gasteiger partial charge >= 0.3 is 0 Å². The van der Waals surface area contributed by atoms with Crippen LogP contribution in [0.2, 0.25) is 0 Å². The molecule has 0 bridgehead atoms. The van der Waals surface area contributed by atoms with Crippen LogP contribution in [0.5, 0.6) is 0 Å². The molecule has 0 aliphatic rings. The van der Waals surface area contributed by atoms with Crippen LogP contribution in [0.25, 0.3) is 0 Å². The van der Waals surface area contributed by atoms with Crippen molar-refractivity contribution in [2.24, 2.45) is 0 Å². The number of hydrogen-bond acceptors (Lipinski definition) is 3. The van der Waals surface area contributed by atoms with E-state index in [-0.39, 0.29) is 0 Å². The number of hydrogen-bond donors (Lipinski definition) is 3. The average Bonchev–Trinajstić information content (AvgIpc) is 2.34. The lowest BCUT2D eigenvalue weighted by Crippen LogP contribution is -2.13. The van der Waals surface area contributed by atoms with Crippen LogP contribution in [0.1, 0.15) is 55.5 Å². The monoisotopic (exact) mass is 236 g/mol. The molecule has 5 N–H and O–H groups in total. The molecule has 0 fully saturated rings. The molecule has 1 aromatic carbocycles. The van der Waals surface area contributed by atoms with Gasteiger partial charge in [-0.05, 0) is 42.9 Å². The summed E-state index contributed by atoms with van der Waals surface area (Å²) in [5.74, 6) is 0. The van der Waals surface area contributed by atoms with Gasteiger partial charge in [0.1, 0.15) is 0 Å². The first-order valence-electron chi connectivity index (χ1n) is 6.36. The number of anilines is 2. The van der Waals surface area contributed by atoms with E-state index in [1.807, 2.05) is 13.8 Å². The fourth-order valence-corrected chi connectivity index (χ4v) is 2.53. The Morgan fingerprint density at radius 2 is 1.53 bits per heavy atom. The van der Waals surface area contributed by atoms with Crippen LogP contribution in [-0.4, -0.2) is 5.11 Å². The summed E-state index contributed by atoms with van der Waals surface area (Å²) in [6.07, 6.45) is 1.94. The van der Waals surface area contributed by atoms with Crippen LogP contribution in [0.15, 0.2) is 0 Å². The highest BCUT2D eigenvalue weighted by atomic mass is 16.3. The van der Waals surface area contributed by atoms with Crippen LogP contribution >= 0.6 is 0 Å². The van der Waals surface area contributed by atoms with Crippen molar-refractivity contribution in [3.63, 3.8) is 0 Å². The van der Waals surface area contributed by atoms with E-state index < -0.39 is 6.10 Å². The first-order chi connectivity index (χ1) is 7.99. The average molecular weight is 236 g/mol. The lowest BCUT2D eigenvalue weighted by atomic mass is 9.87. The second-order valence-electron chi connectivity index (χ2n) is 4.45. The summed E-state index contributed by atoms with van der Waals surface area (Å²) in [4.78, 5) is 0. The van der Waals surface area contributed by atoms with E-state index in [2.05, 4.69) is 13.8 Å². The van der Waals surface area contributed by atoms with Crippen LogP contribution in [0.4, 0.5) is 11.4 Å². The normalized spacial score (nSPS) is 12.8. The standard InChI is InChI=1S/C14H24N2O/c1-5-9-8(4)13(15)14(16)12(10(9)6-2)11(17)7-3/h11,17H,5-7,15-16H2,1-4H3. The summed E-state index contributed by atoms with van der Waals surface area (Å²) in [6, 6.07) is 0. The van der Waals surface area contributed by atoms with Crippen molar-refractivity contribution in [2.75, 3.05) is 11.5 Å². The van der Waals surface area contributed by atoms with E-state index in [1.165, 1.54) is 11.1 Å². The third-order valence-corrected chi connectivity index (χ3v) is 3.55. The van der Waals surface area contributed by atoms with Gasteiger partial charge in [-0.25, -0.2) is 0 Å². The maximum absolute atomic E-state index is 10.1. The number of aliphatic hydroxyl groups excluding tert-OH is 1. The Labute approximate surface area is 104 Å². The fraction of sp³-hybridized carbons (Fsp3) is 0.571. The summed E-state index contributed by atoms with van der Waals surface area (Å²) >= 11 is 0. The summed E-state index contributed by atoms with van der Waals surface area (Å²) in [5, 5.41) is 10.1. The number of aliphatic hydroxyl groups is 1. The van der Waals surface area contributed by atoms with Crippen molar-refractivity contribution < 1.29 is 5.11 Å². The predicted molar refractivity (Wildman–Crippen MR) is 74.0 cm³/mol. The zero-order chi connectivity index (χ0) is 13.2. The highest BCUT2D eigenvalue weighted by molar-refractivity contribution is 5.75. The Hall–Kier alpha value is -1.22. The molecule has 0 spiro atoms. The highest BCUT2D eigenvalue weighted by Crippen LogP contribution is 2.37. The van der Waals surface area contributed by atoms with E-state index in [0.29, 0.717) is 17.8 Å². The minimum Gasteiger partial charge on any atom is -0.397 e. The number of nitrogen functional groups attached to an aromatic ring is 2. The van der Waals surface area contributed by atoms with E-state index in [0.717, 1.165) is 24.0 Å². The molecule has 0 aliphatic heterocycles. The van der Waals surface area contributed by atoms with Crippen molar-refractivity contribution in [1.29, 1.82) is 0 Å². The molecule has 0 saturated carbocycles. The summed E-state index contributed by atoms with van der Waals surface area (Å²) in [5.41, 5.74) is 17.6. The highest BCUT2D eigenvalue weighted by Gasteiger charge is 2.20. The molecule has 0 saturated heterocycles. The third kappa shape index (κ3) is 2.25. The lowest BCUT2D eigenvalue weighted by Gasteiger charge is -2.23. The Morgan fingerprint density at radius 1 is 1.00 bits per heavy atom. The van der Waals surface area contributed by atoms with E-state index in [4.69, 9.17) is 11.5 Å². The molecule has 96 valence electrons. The SMILES string of the molecule is CCc1c(C)c(N)c(N)c(C(O)CC)c1CC. The van der Waals surface area contributed by atoms with Gasteiger partial charge in [-0.3, -0.25) is 0 Å². The first-order valence-corrected chi connectivity index (χ1v) is 6.36. The Bertz CT molecular complexity index is 413. The molecule has 3 nitrogen and oxygen atoms in total. The second-order valence-corrected chi connectivity index (χ2v) is 4.45. The Kier molecular flexibility index (Phi) is 4.40. The molecule has 17 heavy (non-hydrogen) atoms. The van der Waals surface area contributed by atoms with Gasteiger partial charge in [0.05, 0.1) is 17.5 Å². The van der Waals surface area contributed by atoms with Crippen LogP contribution in [0.3, 0.4) is 0 Å². The fourth-order valence-electron chi connectivity index (χ4n) is 2.53.